The molecule has 2 aliphatic rings. The van der Waals surface area contributed by atoms with Crippen molar-refractivity contribution < 1.29 is 13.1 Å². The largest absolute Gasteiger partial charge is 0.738 e. The third-order valence-corrected chi connectivity index (χ3v) is 4.02. The lowest BCUT2D eigenvalue weighted by atomic mass is 9.91. The van der Waals surface area contributed by atoms with Crippen LogP contribution < -0.4 is 0 Å². The van der Waals surface area contributed by atoms with Gasteiger partial charge in [-0.2, -0.15) is 0 Å². The molecule has 6 heteroatoms. The first-order valence-electron chi connectivity index (χ1n) is 5.93. The highest BCUT2D eigenvalue weighted by Crippen LogP contribution is 2.39. The fraction of sp³-hybridized carbons (Fsp3) is 0. The zero-order valence-corrected chi connectivity index (χ0v) is 10.5. The van der Waals surface area contributed by atoms with Crippen LogP contribution in [0.4, 0.5) is 8.63 Å². The number of fused-ring (bicyclic) bond motifs is 4. The van der Waals surface area contributed by atoms with Gasteiger partial charge in [-0.25, -0.2) is 0 Å². The van der Waals surface area contributed by atoms with Gasteiger partial charge in [-0.1, -0.05) is 12.1 Å². The first kappa shape index (κ1) is 11.0. The zero-order chi connectivity index (χ0) is 13.2. The van der Waals surface area contributed by atoms with E-state index in [2.05, 4.69) is 0 Å². The molecule has 3 heterocycles. The van der Waals surface area contributed by atoms with E-state index < -0.39 is 6.97 Å². The molecule has 19 heavy (non-hydrogen) atoms. The molecule has 0 amide bonds. The van der Waals surface area contributed by atoms with Crippen LogP contribution in [0.15, 0.2) is 42.6 Å². The Morgan fingerprint density at radius 1 is 1.05 bits per heavy atom. The smallest absolute Gasteiger partial charge is 0.396 e. The Balaban J connectivity index is 2.11. The molecule has 2 aliphatic heterocycles. The van der Waals surface area contributed by atoms with Gasteiger partial charge < -0.3 is 17.6 Å². The van der Waals surface area contributed by atoms with E-state index in [-0.39, 0.29) is 5.17 Å². The summed E-state index contributed by atoms with van der Waals surface area (Å²) in [4.78, 5) is 0. The third-order valence-electron chi connectivity index (χ3n) is 3.64. The molecular weight excluding hydrogens is 268 g/mol. The highest BCUT2D eigenvalue weighted by Gasteiger charge is 2.53. The lowest BCUT2D eigenvalue weighted by Gasteiger charge is -2.27. The predicted octanol–water partition coefficient (Wildman–Crippen LogP) is 3.23. The number of benzene rings is 1. The molecule has 0 saturated heterocycles. The van der Waals surface area contributed by atoms with Crippen LogP contribution in [-0.2, 0) is 0 Å². The van der Waals surface area contributed by atoms with Crippen molar-refractivity contribution in [2.45, 2.75) is 0 Å². The molecule has 2 aromatic rings. The minimum atomic E-state index is -3.93. The normalized spacial score (nSPS) is 18.8. The van der Waals surface area contributed by atoms with Crippen LogP contribution in [0.2, 0.25) is 0 Å². The minimum absolute atomic E-state index is 0.0891. The first-order chi connectivity index (χ1) is 9.10. The Labute approximate surface area is 113 Å². The van der Waals surface area contributed by atoms with Gasteiger partial charge in [0, 0.05) is 11.8 Å². The molecule has 0 fully saturated rings. The average Bonchev–Trinajstić information content (AvgIpc) is 2.96. The quantitative estimate of drug-likeness (QED) is 0.653. The molecule has 0 unspecified atom stereocenters. The number of nitrogens with zero attached hydrogens (tertiary/aromatic N) is 2. The van der Waals surface area contributed by atoms with E-state index in [0.29, 0.717) is 17.0 Å². The van der Waals surface area contributed by atoms with E-state index in [4.69, 9.17) is 11.6 Å². The minimum Gasteiger partial charge on any atom is -0.396 e. The highest BCUT2D eigenvalue weighted by atomic mass is 35.5. The van der Waals surface area contributed by atoms with Gasteiger partial charge in [0.25, 0.3) is 0 Å². The number of halogens is 3. The van der Waals surface area contributed by atoms with Gasteiger partial charge in [0.15, 0.2) is 5.70 Å². The number of hydrogen-bond acceptors (Lipinski definition) is 0. The predicted molar refractivity (Wildman–Crippen MR) is 72.3 cm³/mol. The summed E-state index contributed by atoms with van der Waals surface area (Å²) in [5.41, 5.74) is 2.37. The Morgan fingerprint density at radius 3 is 2.58 bits per heavy atom. The van der Waals surface area contributed by atoms with Crippen molar-refractivity contribution in [3.63, 3.8) is 0 Å². The third kappa shape index (κ3) is 1.23. The number of aromatic nitrogens is 1. The fourth-order valence-corrected chi connectivity index (χ4v) is 3.15. The molecule has 0 bridgehead atoms. The fourth-order valence-electron chi connectivity index (χ4n) is 2.78. The summed E-state index contributed by atoms with van der Waals surface area (Å²) in [6.07, 6.45) is 3.13. The highest BCUT2D eigenvalue weighted by molar-refractivity contribution is 6.72. The van der Waals surface area contributed by atoms with Crippen molar-refractivity contribution in [2.24, 2.45) is 0 Å². The Hall–Kier alpha value is -1.88. The molecule has 2 nitrogen and oxygen atoms in total. The van der Waals surface area contributed by atoms with Crippen LogP contribution in [0, 0.1) is 0 Å². The van der Waals surface area contributed by atoms with E-state index in [1.165, 1.54) is 6.20 Å². The standard InChI is InChI=1S/C13H8BClF2N2/c15-13-11-6-2-1-5-10(11)12-8-9-4-3-7-18(9)14(16,17)19(12)13/h1-8H. The van der Waals surface area contributed by atoms with E-state index in [9.17, 15) is 8.63 Å². The molecule has 0 spiro atoms. The van der Waals surface area contributed by atoms with Crippen molar-refractivity contribution in [3.05, 3.63) is 59.4 Å². The van der Waals surface area contributed by atoms with Crippen LogP contribution in [0.3, 0.4) is 0 Å². The van der Waals surface area contributed by atoms with Gasteiger partial charge >= 0.3 is 6.97 Å². The van der Waals surface area contributed by atoms with E-state index in [1.807, 2.05) is 12.1 Å². The maximum atomic E-state index is 14.6. The number of rotatable bonds is 0. The second-order valence-electron chi connectivity index (χ2n) is 4.66. The molecule has 4 rings (SSSR count). The summed E-state index contributed by atoms with van der Waals surface area (Å²) in [7, 11) is 0. The first-order valence-corrected chi connectivity index (χ1v) is 6.31. The molecule has 1 aromatic carbocycles. The van der Waals surface area contributed by atoms with Gasteiger partial charge in [0.05, 0.1) is 11.1 Å². The summed E-state index contributed by atoms with van der Waals surface area (Å²) in [6, 6.07) is 10.5. The molecule has 94 valence electrons. The Bertz CT molecular complexity index is 776. The van der Waals surface area contributed by atoms with E-state index in [1.54, 1.807) is 30.3 Å². The second kappa shape index (κ2) is 3.36. The van der Waals surface area contributed by atoms with Crippen LogP contribution in [0.1, 0.15) is 16.8 Å². The monoisotopic (exact) mass is 276 g/mol. The van der Waals surface area contributed by atoms with Crippen molar-refractivity contribution in [3.8, 4) is 0 Å². The van der Waals surface area contributed by atoms with Crippen molar-refractivity contribution in [1.29, 1.82) is 0 Å². The average molecular weight is 276 g/mol. The molecule has 0 N–H and O–H groups in total. The van der Waals surface area contributed by atoms with Crippen molar-refractivity contribution in [1.82, 2.24) is 4.48 Å². The lowest BCUT2D eigenvalue weighted by molar-refractivity contribution is -0.314. The Kier molecular flexibility index (Phi) is 1.95. The van der Waals surface area contributed by atoms with Crippen molar-refractivity contribution in [2.75, 3.05) is 0 Å². The summed E-state index contributed by atoms with van der Waals surface area (Å²) in [5.74, 6) is 0. The maximum Gasteiger partial charge on any atom is 0.738 e. The maximum absolute atomic E-state index is 14.6. The molecular formula is C13H8BClF2N2. The van der Waals surface area contributed by atoms with E-state index >= 15 is 0 Å². The molecule has 1 aromatic heterocycles. The summed E-state index contributed by atoms with van der Waals surface area (Å²) in [5, 5.41) is 0.0891. The Morgan fingerprint density at radius 2 is 1.79 bits per heavy atom. The second-order valence-corrected chi connectivity index (χ2v) is 5.02. The van der Waals surface area contributed by atoms with E-state index in [0.717, 1.165) is 14.5 Å². The SMILES string of the molecule is F[B-]1(F)n2cccc2C=C2c3ccccc3C(Cl)=[N+]21. The molecule has 0 radical (unpaired) electrons. The number of hydrogen-bond donors (Lipinski definition) is 0. The van der Waals surface area contributed by atoms with Gasteiger partial charge in [-0.05, 0) is 42.1 Å². The molecule has 0 aliphatic carbocycles. The van der Waals surface area contributed by atoms with Gasteiger partial charge in [-0.3, -0.25) is 0 Å². The van der Waals surface area contributed by atoms with Gasteiger partial charge in [0.2, 0.25) is 5.17 Å². The van der Waals surface area contributed by atoms with Gasteiger partial charge in [-0.15, -0.1) is 0 Å². The van der Waals surface area contributed by atoms with Crippen LogP contribution >= 0.6 is 11.6 Å². The summed E-state index contributed by atoms with van der Waals surface area (Å²) >= 11 is 6.16. The molecule has 0 atom stereocenters. The lowest BCUT2D eigenvalue weighted by Crippen LogP contribution is -2.48. The zero-order valence-electron chi connectivity index (χ0n) is 9.72. The molecule has 0 saturated carbocycles. The van der Waals surface area contributed by atoms with Crippen molar-refractivity contribution >= 4 is 35.5 Å². The summed E-state index contributed by atoms with van der Waals surface area (Å²) < 4.78 is 31.1. The van der Waals surface area contributed by atoms with Crippen LogP contribution in [0.25, 0.3) is 11.8 Å². The topological polar surface area (TPSA) is 7.94 Å². The van der Waals surface area contributed by atoms with Crippen LogP contribution in [-0.4, -0.2) is 21.1 Å². The van der Waals surface area contributed by atoms with Crippen LogP contribution in [0.5, 0.6) is 0 Å². The van der Waals surface area contributed by atoms with Gasteiger partial charge in [0.1, 0.15) is 0 Å². The summed E-state index contributed by atoms with van der Waals surface area (Å²) in [6.45, 7) is -3.93.